The van der Waals surface area contributed by atoms with Crippen molar-refractivity contribution >= 4 is 0 Å². The lowest BCUT2D eigenvalue weighted by Gasteiger charge is -2.45. The fraction of sp³-hybridized carbons (Fsp3) is 0.600. The van der Waals surface area contributed by atoms with E-state index < -0.39 is 0 Å². The van der Waals surface area contributed by atoms with E-state index in [9.17, 15) is 0 Å². The van der Waals surface area contributed by atoms with Gasteiger partial charge in [0.1, 0.15) is 0 Å². The van der Waals surface area contributed by atoms with Gasteiger partial charge in [-0.05, 0) is 37.7 Å². The van der Waals surface area contributed by atoms with Crippen LogP contribution in [-0.2, 0) is 6.54 Å². The van der Waals surface area contributed by atoms with E-state index in [0.29, 0.717) is 6.04 Å². The summed E-state index contributed by atoms with van der Waals surface area (Å²) in [6.45, 7) is 3.43. The summed E-state index contributed by atoms with van der Waals surface area (Å²) in [7, 11) is 0. The van der Waals surface area contributed by atoms with Gasteiger partial charge in [-0.25, -0.2) is 0 Å². The minimum atomic E-state index is 0.703. The number of hydrogen-bond donors (Lipinski definition) is 0. The molecule has 1 saturated heterocycles. The summed E-state index contributed by atoms with van der Waals surface area (Å²) in [5, 5.41) is 0. The molecule has 0 aliphatic carbocycles. The zero-order chi connectivity index (χ0) is 14.5. The molecule has 2 aliphatic rings. The standard InChI is InChI=1S/C20H29N/c1-2-3-5-11-18-14-19-12-8-13-20(15-18)21(19)16-17-9-6-4-7-10-17/h4,6-7,9-10,14,19-20H,2-3,5,8,11-13,15-16H2,1H3. The monoisotopic (exact) mass is 283 g/mol. The molecule has 0 N–H and O–H groups in total. The Morgan fingerprint density at radius 1 is 1.10 bits per heavy atom. The van der Waals surface area contributed by atoms with Crippen molar-refractivity contribution in [2.24, 2.45) is 0 Å². The van der Waals surface area contributed by atoms with Crippen molar-refractivity contribution in [3.8, 4) is 0 Å². The van der Waals surface area contributed by atoms with Gasteiger partial charge in [0.15, 0.2) is 0 Å². The van der Waals surface area contributed by atoms with Crippen molar-refractivity contribution in [3.63, 3.8) is 0 Å². The molecule has 2 bridgehead atoms. The van der Waals surface area contributed by atoms with Crippen LogP contribution < -0.4 is 0 Å². The molecule has 0 saturated carbocycles. The summed E-state index contributed by atoms with van der Waals surface area (Å²) in [5.74, 6) is 0. The summed E-state index contributed by atoms with van der Waals surface area (Å²) in [6, 6.07) is 12.5. The number of fused-ring (bicyclic) bond motifs is 2. The molecule has 0 spiro atoms. The van der Waals surface area contributed by atoms with Crippen LogP contribution in [0.4, 0.5) is 0 Å². The van der Waals surface area contributed by atoms with Crippen LogP contribution in [0.2, 0.25) is 0 Å². The van der Waals surface area contributed by atoms with Crippen LogP contribution in [0.3, 0.4) is 0 Å². The van der Waals surface area contributed by atoms with Gasteiger partial charge in [-0.1, -0.05) is 68.2 Å². The molecule has 2 aliphatic heterocycles. The van der Waals surface area contributed by atoms with Crippen LogP contribution >= 0.6 is 0 Å². The Bertz CT molecular complexity index is 462. The highest BCUT2D eigenvalue weighted by molar-refractivity contribution is 5.20. The summed E-state index contributed by atoms with van der Waals surface area (Å²) in [4.78, 5) is 2.77. The van der Waals surface area contributed by atoms with Gasteiger partial charge >= 0.3 is 0 Å². The zero-order valence-corrected chi connectivity index (χ0v) is 13.4. The summed E-state index contributed by atoms with van der Waals surface area (Å²) in [5.41, 5.74) is 3.22. The third-order valence-electron chi connectivity index (χ3n) is 5.17. The second kappa shape index (κ2) is 7.26. The van der Waals surface area contributed by atoms with Gasteiger partial charge < -0.3 is 0 Å². The van der Waals surface area contributed by atoms with Gasteiger partial charge in [0, 0.05) is 18.6 Å². The summed E-state index contributed by atoms with van der Waals surface area (Å²) in [6.07, 6.45) is 13.6. The summed E-state index contributed by atoms with van der Waals surface area (Å²) >= 11 is 0. The molecular formula is C20H29N. The fourth-order valence-electron chi connectivity index (χ4n) is 4.03. The Morgan fingerprint density at radius 3 is 2.71 bits per heavy atom. The zero-order valence-electron chi connectivity index (χ0n) is 13.4. The number of hydrogen-bond acceptors (Lipinski definition) is 1. The Balaban J connectivity index is 1.66. The van der Waals surface area contributed by atoms with E-state index in [0.717, 1.165) is 12.6 Å². The Labute approximate surface area is 130 Å². The number of benzene rings is 1. The van der Waals surface area contributed by atoms with Crippen molar-refractivity contribution in [1.29, 1.82) is 0 Å². The van der Waals surface area contributed by atoms with Crippen molar-refractivity contribution in [1.82, 2.24) is 4.90 Å². The molecule has 0 radical (unpaired) electrons. The van der Waals surface area contributed by atoms with Crippen molar-refractivity contribution in [2.75, 3.05) is 0 Å². The predicted octanol–water partition coefficient (Wildman–Crippen LogP) is 5.32. The molecule has 1 fully saturated rings. The first-order valence-corrected chi connectivity index (χ1v) is 8.86. The molecule has 0 aromatic heterocycles. The first kappa shape index (κ1) is 14.8. The first-order chi connectivity index (χ1) is 10.4. The Hall–Kier alpha value is -1.08. The Morgan fingerprint density at radius 2 is 1.95 bits per heavy atom. The van der Waals surface area contributed by atoms with E-state index in [1.807, 2.05) is 0 Å². The first-order valence-electron chi connectivity index (χ1n) is 8.86. The van der Waals surface area contributed by atoms with E-state index in [4.69, 9.17) is 0 Å². The van der Waals surface area contributed by atoms with Crippen LogP contribution in [0.1, 0.15) is 63.9 Å². The molecular weight excluding hydrogens is 254 g/mol. The van der Waals surface area contributed by atoms with Crippen LogP contribution in [0.5, 0.6) is 0 Å². The highest BCUT2D eigenvalue weighted by Crippen LogP contribution is 2.35. The molecule has 21 heavy (non-hydrogen) atoms. The van der Waals surface area contributed by atoms with Gasteiger partial charge in [0.05, 0.1) is 0 Å². The second-order valence-electron chi connectivity index (χ2n) is 6.80. The summed E-state index contributed by atoms with van der Waals surface area (Å²) < 4.78 is 0. The largest absolute Gasteiger partial charge is 0.289 e. The normalized spacial score (nSPS) is 25.7. The Kier molecular flexibility index (Phi) is 5.13. The van der Waals surface area contributed by atoms with Crippen molar-refractivity contribution < 1.29 is 0 Å². The molecule has 2 unspecified atom stereocenters. The number of piperidine rings is 1. The van der Waals surface area contributed by atoms with Gasteiger partial charge in [-0.3, -0.25) is 4.90 Å². The maximum atomic E-state index is 2.77. The van der Waals surface area contributed by atoms with Crippen molar-refractivity contribution in [2.45, 2.75) is 76.9 Å². The van der Waals surface area contributed by atoms with E-state index >= 15 is 0 Å². The van der Waals surface area contributed by atoms with Crippen LogP contribution in [-0.4, -0.2) is 17.0 Å². The lowest BCUT2D eigenvalue weighted by Crippen LogP contribution is -2.47. The smallest absolute Gasteiger partial charge is 0.0287 e. The molecule has 1 heteroatoms. The van der Waals surface area contributed by atoms with Crippen LogP contribution in [0.25, 0.3) is 0 Å². The van der Waals surface area contributed by atoms with E-state index in [-0.39, 0.29) is 0 Å². The maximum absolute atomic E-state index is 2.77. The molecule has 1 aromatic rings. The van der Waals surface area contributed by atoms with E-state index in [2.05, 4.69) is 48.2 Å². The SMILES string of the molecule is CCCCCC1=CC2CCCC(C1)N2Cc1ccccc1. The highest BCUT2D eigenvalue weighted by Gasteiger charge is 2.33. The van der Waals surface area contributed by atoms with Gasteiger partial charge in [-0.2, -0.15) is 0 Å². The minimum absolute atomic E-state index is 0.703. The topological polar surface area (TPSA) is 3.24 Å². The van der Waals surface area contributed by atoms with Crippen molar-refractivity contribution in [3.05, 3.63) is 47.5 Å². The molecule has 0 amide bonds. The third kappa shape index (κ3) is 3.77. The lowest BCUT2D eigenvalue weighted by atomic mass is 9.83. The number of unbranched alkanes of at least 4 members (excludes halogenated alkanes) is 2. The van der Waals surface area contributed by atoms with Crippen LogP contribution in [0.15, 0.2) is 42.0 Å². The average Bonchev–Trinajstić information content (AvgIpc) is 2.49. The average molecular weight is 283 g/mol. The van der Waals surface area contributed by atoms with Crippen LogP contribution in [0, 0.1) is 0 Å². The van der Waals surface area contributed by atoms with E-state index in [1.165, 1.54) is 56.9 Å². The predicted molar refractivity (Wildman–Crippen MR) is 90.3 cm³/mol. The van der Waals surface area contributed by atoms with Gasteiger partial charge in [0.2, 0.25) is 0 Å². The highest BCUT2D eigenvalue weighted by atomic mass is 15.2. The molecule has 114 valence electrons. The molecule has 2 heterocycles. The molecule has 1 aromatic carbocycles. The minimum Gasteiger partial charge on any atom is -0.289 e. The number of nitrogens with zero attached hydrogens (tertiary/aromatic N) is 1. The molecule has 1 nitrogen and oxygen atoms in total. The fourth-order valence-corrected chi connectivity index (χ4v) is 4.03. The second-order valence-corrected chi connectivity index (χ2v) is 6.80. The number of rotatable bonds is 6. The maximum Gasteiger partial charge on any atom is 0.0287 e. The van der Waals surface area contributed by atoms with E-state index in [1.54, 1.807) is 5.57 Å². The quantitative estimate of drug-likeness (QED) is 0.504. The third-order valence-corrected chi connectivity index (χ3v) is 5.17. The molecule has 3 rings (SSSR count). The van der Waals surface area contributed by atoms with Gasteiger partial charge in [0.25, 0.3) is 0 Å². The van der Waals surface area contributed by atoms with Gasteiger partial charge in [-0.15, -0.1) is 0 Å². The lowest BCUT2D eigenvalue weighted by molar-refractivity contribution is 0.0876. The molecule has 2 atom stereocenters.